The van der Waals surface area contributed by atoms with Gasteiger partial charge in [0, 0.05) is 115 Å². The standard InChI is InChI=1S/C27H41NO2.C18H14N2O.C16H15NOS.C15H13Cl2NO.C14H12N2O4.C8H8INO/c1-3-5-7-9-11-15-21-28(22-16-12-10-8-6-4-2)30-27(29)26-20-19-24-17-13-14-18-25(24)23-26;21-18(15-8-7-13-19-14-15)20(16-9-3-1-4-10-16)17-11-5-2-6-12-17;1-19-15-10-6-5-9-14(15)17-16(18)12-11-13-7-3-2-4-8-13;1-9-3-4-14(10(2)5-9)18-15(19)11-6-12(16)8-13(17)7-11;1-20-13-7-3-5-11(9-13)15-14(17)10-4-2-6-12(8-10)16(18)19;1-10-8(11)6-2-4-7(9)5-3-6/h13-14,17-20,23H,3-12,15-16,21-22H2,1-2H3;1-14H;2-12H,1H3,(H,17,18);3-8H,1-2H3,(H,18,19);2-9H,1H3,(H,15,17);2-5H,1H3,(H,10,11)/b;;12-11+;;;. The van der Waals surface area contributed by atoms with Crippen molar-refractivity contribution in [1.29, 1.82) is 0 Å². The first-order valence-corrected chi connectivity index (χ1v) is 42.7. The van der Waals surface area contributed by atoms with Crippen LogP contribution in [0.2, 0.25) is 10.0 Å². The summed E-state index contributed by atoms with van der Waals surface area (Å²) in [7, 11) is 3.15. The van der Waals surface area contributed by atoms with Gasteiger partial charge in [-0.25, -0.2) is 4.79 Å². The molecule has 0 unspecified atom stereocenters. The van der Waals surface area contributed by atoms with Gasteiger partial charge in [-0.1, -0.05) is 240 Å². The number of rotatable bonds is 30. The van der Waals surface area contributed by atoms with Crippen molar-refractivity contribution in [3.05, 3.63) is 366 Å². The number of amides is 5. The smallest absolute Gasteiger partial charge is 0.357 e. The number of aryl methyl sites for hydroxylation is 2. The summed E-state index contributed by atoms with van der Waals surface area (Å²) in [5.41, 5.74) is 9.46. The maximum atomic E-state index is 12.8. The van der Waals surface area contributed by atoms with Crippen molar-refractivity contribution in [1.82, 2.24) is 15.4 Å². The van der Waals surface area contributed by atoms with Crippen molar-refractivity contribution < 1.29 is 43.3 Å². The van der Waals surface area contributed by atoms with Crippen LogP contribution in [-0.2, 0) is 9.63 Å². The van der Waals surface area contributed by atoms with Crippen LogP contribution in [0.5, 0.6) is 5.75 Å². The van der Waals surface area contributed by atoms with Crippen LogP contribution in [0.25, 0.3) is 16.8 Å². The molecule has 0 aliphatic heterocycles. The number of nitro groups is 1. The number of hydroxylamine groups is 2. The summed E-state index contributed by atoms with van der Waals surface area (Å²) < 4.78 is 6.19. The molecule has 11 aromatic carbocycles. The lowest BCUT2D eigenvalue weighted by atomic mass is 10.1. The molecule has 4 N–H and O–H groups in total. The van der Waals surface area contributed by atoms with Gasteiger partial charge in [0.25, 0.3) is 29.3 Å². The number of carbonyl (C=O) groups is 6. The third-order valence-electron chi connectivity index (χ3n) is 18.2. The Balaban J connectivity index is 0.000000202. The zero-order valence-electron chi connectivity index (χ0n) is 68.7. The average Bonchev–Trinajstić information content (AvgIpc) is 0.819. The molecule has 0 fully saturated rings. The Bertz CT molecular complexity index is 5160. The van der Waals surface area contributed by atoms with E-state index in [0.29, 0.717) is 43.7 Å². The molecule has 0 saturated carbocycles. The van der Waals surface area contributed by atoms with Gasteiger partial charge in [0.1, 0.15) is 5.75 Å². The van der Waals surface area contributed by atoms with Gasteiger partial charge in [-0.05, 0) is 211 Å². The van der Waals surface area contributed by atoms with Crippen molar-refractivity contribution in [2.75, 3.05) is 54.4 Å². The molecule has 0 atom stereocenters. The Hall–Kier alpha value is -11.8. The van der Waals surface area contributed by atoms with E-state index in [1.807, 2.05) is 207 Å². The SMILES string of the molecule is CCCCCCCCN(CCCCCCCC)OC(=O)c1ccc2ccccc2c1.CNC(=O)c1ccc(I)cc1.COc1cccc(NC(=O)c2cccc([N+](=O)[O-])c2)c1.CSc1ccccc1NC(=O)/C=C/c1ccccc1.Cc1ccc(NC(=O)c2cc(Cl)cc(Cl)c2)c(C)c1.O=C(c1cccnc1)N(c1ccccc1)c1ccccc1. The highest BCUT2D eigenvalue weighted by molar-refractivity contribution is 14.1. The number of benzene rings is 11. The summed E-state index contributed by atoms with van der Waals surface area (Å²) in [6.07, 6.45) is 23.5. The first-order valence-electron chi connectivity index (χ1n) is 39.7. The molecule has 12 aromatic rings. The lowest BCUT2D eigenvalue weighted by Crippen LogP contribution is -2.29. The van der Waals surface area contributed by atoms with Crippen LogP contribution in [0.4, 0.5) is 34.1 Å². The molecule has 18 nitrogen and oxygen atoms in total. The summed E-state index contributed by atoms with van der Waals surface area (Å²) in [6, 6.07) is 84.7. The largest absolute Gasteiger partial charge is 0.497 e. The number of carbonyl (C=O) groups excluding carboxylic acids is 6. The minimum atomic E-state index is -0.539. The monoisotopic (exact) mass is 1780 g/mol. The maximum Gasteiger partial charge on any atom is 0.357 e. The molecular weight excluding hydrogens is 1680 g/mol. The number of nitrogens with one attached hydrogen (secondary N) is 4. The van der Waals surface area contributed by atoms with E-state index in [9.17, 15) is 38.9 Å². The summed E-state index contributed by atoms with van der Waals surface area (Å²) >= 11 is 15.6. The molecule has 120 heavy (non-hydrogen) atoms. The van der Waals surface area contributed by atoms with Crippen molar-refractivity contribution in [3.8, 4) is 5.75 Å². The van der Waals surface area contributed by atoms with E-state index in [1.165, 1.54) is 95.6 Å². The predicted molar refractivity (Wildman–Crippen MR) is 501 cm³/mol. The highest BCUT2D eigenvalue weighted by Crippen LogP contribution is 2.29. The van der Waals surface area contributed by atoms with Gasteiger partial charge in [-0.15, -0.1) is 16.8 Å². The fraction of sp³-hybridized carbons (Fsp3) is 0.214. The van der Waals surface area contributed by atoms with Gasteiger partial charge in [-0.3, -0.25) is 44.0 Å². The lowest BCUT2D eigenvalue weighted by Gasteiger charge is -2.23. The molecule has 622 valence electrons. The number of halogens is 3. The molecule has 0 radical (unpaired) electrons. The fourth-order valence-electron chi connectivity index (χ4n) is 11.9. The molecule has 5 amide bonds. The van der Waals surface area contributed by atoms with Gasteiger partial charge < -0.3 is 30.8 Å². The number of fused-ring (bicyclic) bond motifs is 1. The van der Waals surface area contributed by atoms with Crippen molar-refractivity contribution in [3.63, 3.8) is 0 Å². The van der Waals surface area contributed by atoms with Crippen LogP contribution < -0.4 is 30.9 Å². The van der Waals surface area contributed by atoms with E-state index in [2.05, 4.69) is 68.8 Å². The van der Waals surface area contributed by atoms with E-state index in [-0.39, 0.29) is 40.8 Å². The minimum Gasteiger partial charge on any atom is -0.497 e. The third-order valence-corrected chi connectivity index (χ3v) is 20.1. The molecule has 0 aliphatic rings. The number of nitro benzene ring substituents is 1. The summed E-state index contributed by atoms with van der Waals surface area (Å²) in [5.74, 6) is -0.523. The highest BCUT2D eigenvalue weighted by atomic mass is 127. The number of ether oxygens (including phenoxy) is 1. The molecule has 0 bridgehead atoms. The molecule has 22 heteroatoms. The molecule has 1 heterocycles. The number of hydrogen-bond donors (Lipinski definition) is 4. The Morgan fingerprint density at radius 2 is 1.08 bits per heavy atom. The van der Waals surface area contributed by atoms with Crippen LogP contribution in [0, 0.1) is 27.5 Å². The highest BCUT2D eigenvalue weighted by Gasteiger charge is 2.21. The second kappa shape index (κ2) is 53.6. The predicted octanol–water partition coefficient (Wildman–Crippen LogP) is 25.4. The van der Waals surface area contributed by atoms with Crippen molar-refractivity contribution in [2.45, 2.75) is 110 Å². The van der Waals surface area contributed by atoms with E-state index in [1.54, 1.807) is 115 Å². The summed E-state index contributed by atoms with van der Waals surface area (Å²) in [6.45, 7) is 10.1. The van der Waals surface area contributed by atoms with Crippen molar-refractivity contribution >= 4 is 144 Å². The van der Waals surface area contributed by atoms with Crippen molar-refractivity contribution in [2.24, 2.45) is 0 Å². The number of pyridine rings is 1. The first kappa shape index (κ1) is 95.4. The number of thioether (sulfide) groups is 1. The second-order valence-corrected chi connectivity index (χ2v) is 30.4. The number of anilines is 5. The number of unbranched alkanes of at least 4 members (excludes halogenated alkanes) is 10. The Kier molecular flexibility index (Phi) is 42.6. The van der Waals surface area contributed by atoms with Crippen LogP contribution in [0.1, 0.15) is 159 Å². The van der Waals surface area contributed by atoms with Gasteiger partial charge in [0.15, 0.2) is 0 Å². The van der Waals surface area contributed by atoms with E-state index in [0.717, 1.165) is 84.6 Å². The Labute approximate surface area is 732 Å². The van der Waals surface area contributed by atoms with Crippen LogP contribution >= 0.6 is 57.6 Å². The quantitative estimate of drug-likeness (QED) is 0.00820. The molecule has 0 aliphatic carbocycles. The summed E-state index contributed by atoms with van der Waals surface area (Å²) in [4.78, 5) is 95.4. The topological polar surface area (TPSA) is 232 Å². The molecular formula is C98H103Cl2IN8O10S. The van der Waals surface area contributed by atoms with Crippen LogP contribution in [-0.4, -0.2) is 84.0 Å². The van der Waals surface area contributed by atoms with E-state index in [4.69, 9.17) is 32.8 Å². The number of methoxy groups -OCH3 is 1. The third kappa shape index (κ3) is 34.3. The molecule has 0 spiro atoms. The minimum absolute atomic E-state index is 0.0404. The number of aromatic nitrogens is 1. The van der Waals surface area contributed by atoms with Gasteiger partial charge in [0.05, 0.1) is 28.8 Å². The maximum absolute atomic E-state index is 12.8. The number of hydrogen-bond acceptors (Lipinski definition) is 13. The number of nitrogens with zero attached hydrogens (tertiary/aromatic N) is 4. The number of non-ortho nitro benzene ring substituents is 1. The fourth-order valence-corrected chi connectivity index (χ4v) is 13.3. The van der Waals surface area contributed by atoms with E-state index >= 15 is 0 Å². The second-order valence-electron chi connectivity index (χ2n) is 27.4. The van der Waals surface area contributed by atoms with Gasteiger partial charge >= 0.3 is 5.97 Å². The molecule has 0 saturated heterocycles. The zero-order valence-corrected chi connectivity index (χ0v) is 73.2. The van der Waals surface area contributed by atoms with E-state index < -0.39 is 10.8 Å². The van der Waals surface area contributed by atoms with Crippen LogP contribution in [0.15, 0.2) is 302 Å². The van der Waals surface area contributed by atoms with Gasteiger partial charge in [0.2, 0.25) is 5.91 Å². The van der Waals surface area contributed by atoms with Gasteiger partial charge in [-0.2, -0.15) is 0 Å². The number of para-hydroxylation sites is 3. The average molecular weight is 1780 g/mol. The normalized spacial score (nSPS) is 10.4. The summed E-state index contributed by atoms with van der Waals surface area (Å²) in [5, 5.41) is 26.6. The molecule has 1 aromatic heterocycles. The molecule has 12 rings (SSSR count). The zero-order chi connectivity index (χ0) is 86.2. The lowest BCUT2D eigenvalue weighted by molar-refractivity contribution is -0.384. The van der Waals surface area contributed by atoms with Crippen LogP contribution in [0.3, 0.4) is 0 Å². The first-order chi connectivity index (χ1) is 58.2. The Morgan fingerprint density at radius 3 is 1.68 bits per heavy atom. The Morgan fingerprint density at radius 1 is 0.517 bits per heavy atom.